The van der Waals surface area contributed by atoms with Crippen LogP contribution in [0.4, 0.5) is 5.69 Å². The average molecular weight is 609 g/mol. The van der Waals surface area contributed by atoms with Crippen molar-refractivity contribution in [2.24, 2.45) is 5.14 Å². The van der Waals surface area contributed by atoms with Crippen molar-refractivity contribution in [3.8, 4) is 0 Å². The highest BCUT2D eigenvalue weighted by Gasteiger charge is 2.44. The molecule has 8 nitrogen and oxygen atoms in total. The number of amides is 3. The van der Waals surface area contributed by atoms with Crippen LogP contribution in [-0.4, -0.2) is 43.6 Å². The summed E-state index contributed by atoms with van der Waals surface area (Å²) in [4.78, 5) is 42.4. The van der Waals surface area contributed by atoms with Gasteiger partial charge in [-0.2, -0.15) is 0 Å². The molecule has 0 bridgehead atoms. The van der Waals surface area contributed by atoms with Crippen LogP contribution in [0.25, 0.3) is 0 Å². The van der Waals surface area contributed by atoms with Gasteiger partial charge in [0.2, 0.25) is 15.9 Å². The molecule has 1 aliphatic heterocycles. The molecule has 176 valence electrons. The first-order valence-corrected chi connectivity index (χ1v) is 13.7. The predicted molar refractivity (Wildman–Crippen MR) is 137 cm³/mol. The SMILES string of the molecule is NS(=O)(=O)c1ccc(CCN(C(=O)c2cccs2)C2CC(=O)N(c3ccc(I)cc3)C2=O)cc1. The molecule has 1 atom stereocenters. The van der Waals surface area contributed by atoms with Crippen molar-refractivity contribution in [3.63, 3.8) is 0 Å². The Hall–Kier alpha value is -2.61. The van der Waals surface area contributed by atoms with Crippen LogP contribution in [0.2, 0.25) is 0 Å². The van der Waals surface area contributed by atoms with E-state index in [2.05, 4.69) is 22.6 Å². The molecule has 1 aromatic heterocycles. The zero-order valence-corrected chi connectivity index (χ0v) is 21.5. The lowest BCUT2D eigenvalue weighted by atomic mass is 10.1. The van der Waals surface area contributed by atoms with Crippen molar-refractivity contribution < 1.29 is 22.8 Å². The predicted octanol–water partition coefficient (Wildman–Crippen LogP) is 3.02. The molecule has 3 aromatic rings. The van der Waals surface area contributed by atoms with Gasteiger partial charge in [0.05, 0.1) is 21.9 Å². The summed E-state index contributed by atoms with van der Waals surface area (Å²) < 4.78 is 24.0. The average Bonchev–Trinajstić information content (AvgIpc) is 3.43. The van der Waals surface area contributed by atoms with E-state index in [-0.39, 0.29) is 29.7 Å². The summed E-state index contributed by atoms with van der Waals surface area (Å²) in [5.74, 6) is -1.13. The fraction of sp³-hybridized carbons (Fsp3) is 0.174. The lowest BCUT2D eigenvalue weighted by Crippen LogP contribution is -2.46. The number of carbonyl (C=O) groups is 3. The third kappa shape index (κ3) is 5.22. The summed E-state index contributed by atoms with van der Waals surface area (Å²) in [7, 11) is -3.81. The van der Waals surface area contributed by atoms with Crippen molar-refractivity contribution in [1.82, 2.24) is 4.90 Å². The second-order valence-corrected chi connectivity index (χ2v) is 11.4. The van der Waals surface area contributed by atoms with Gasteiger partial charge < -0.3 is 4.90 Å². The molecule has 0 saturated carbocycles. The summed E-state index contributed by atoms with van der Waals surface area (Å²) in [5.41, 5.74) is 1.24. The first-order valence-electron chi connectivity index (χ1n) is 10.2. The van der Waals surface area contributed by atoms with Crippen LogP contribution in [0.3, 0.4) is 0 Å². The molecule has 0 spiro atoms. The molecule has 1 saturated heterocycles. The number of primary sulfonamides is 1. The van der Waals surface area contributed by atoms with Crippen molar-refractivity contribution >= 4 is 67.4 Å². The molecule has 2 aromatic carbocycles. The van der Waals surface area contributed by atoms with E-state index in [1.807, 2.05) is 12.1 Å². The highest BCUT2D eigenvalue weighted by molar-refractivity contribution is 14.1. The summed E-state index contributed by atoms with van der Waals surface area (Å²) in [6.45, 7) is 0.176. The Morgan fingerprint density at radius 3 is 2.35 bits per heavy atom. The van der Waals surface area contributed by atoms with Gasteiger partial charge in [-0.15, -0.1) is 11.3 Å². The normalized spacial score (nSPS) is 16.2. The third-order valence-electron chi connectivity index (χ3n) is 5.47. The number of rotatable bonds is 7. The molecule has 34 heavy (non-hydrogen) atoms. The lowest BCUT2D eigenvalue weighted by molar-refractivity contribution is -0.122. The maximum absolute atomic E-state index is 13.3. The minimum Gasteiger partial charge on any atom is -0.325 e. The van der Waals surface area contributed by atoms with E-state index in [1.165, 1.54) is 28.4 Å². The standard InChI is InChI=1S/C23H20IN3O5S2/c24-16-5-7-17(8-6-16)27-21(28)14-19(22(27)29)26(23(30)20-2-1-13-33-20)12-11-15-3-9-18(10-4-15)34(25,31)32/h1-10,13,19H,11-12,14H2,(H2,25,31,32). The van der Waals surface area contributed by atoms with Crippen molar-refractivity contribution in [3.05, 3.63) is 80.1 Å². The van der Waals surface area contributed by atoms with E-state index < -0.39 is 22.0 Å². The van der Waals surface area contributed by atoms with E-state index in [9.17, 15) is 22.8 Å². The van der Waals surface area contributed by atoms with Crippen molar-refractivity contribution in [2.45, 2.75) is 23.8 Å². The Bertz CT molecular complexity index is 1320. The zero-order chi connectivity index (χ0) is 24.5. The molecule has 1 unspecified atom stereocenters. The number of nitrogens with zero attached hydrogens (tertiary/aromatic N) is 2. The van der Waals surface area contributed by atoms with Crippen LogP contribution in [0.15, 0.2) is 70.9 Å². The molecule has 1 aliphatic rings. The van der Waals surface area contributed by atoms with E-state index >= 15 is 0 Å². The molecule has 3 amide bonds. The number of sulfonamides is 1. The maximum atomic E-state index is 13.3. The number of hydrogen-bond donors (Lipinski definition) is 1. The van der Waals surface area contributed by atoms with Crippen molar-refractivity contribution in [1.29, 1.82) is 0 Å². The molecular weight excluding hydrogens is 589 g/mol. The summed E-state index contributed by atoms with van der Waals surface area (Å²) in [6.07, 6.45) is 0.260. The molecule has 4 rings (SSSR count). The van der Waals surface area contributed by atoms with Gasteiger partial charge in [-0.1, -0.05) is 18.2 Å². The maximum Gasteiger partial charge on any atom is 0.264 e. The Morgan fingerprint density at radius 1 is 1.09 bits per heavy atom. The highest BCUT2D eigenvalue weighted by Crippen LogP contribution is 2.28. The molecule has 2 heterocycles. The fourth-order valence-electron chi connectivity index (χ4n) is 3.76. The minimum atomic E-state index is -3.81. The summed E-state index contributed by atoms with van der Waals surface area (Å²) >= 11 is 3.40. The number of imide groups is 1. The molecule has 11 heteroatoms. The largest absolute Gasteiger partial charge is 0.325 e. The summed E-state index contributed by atoms with van der Waals surface area (Å²) in [5, 5.41) is 6.92. The molecule has 0 radical (unpaired) electrons. The van der Waals surface area contributed by atoms with Crippen LogP contribution in [0.1, 0.15) is 21.7 Å². The van der Waals surface area contributed by atoms with Crippen molar-refractivity contribution in [2.75, 3.05) is 11.4 Å². The first kappa shape index (κ1) is 24.5. The topological polar surface area (TPSA) is 118 Å². The quantitative estimate of drug-likeness (QED) is 0.327. The second-order valence-electron chi connectivity index (χ2n) is 7.68. The van der Waals surface area contributed by atoms with Gasteiger partial charge >= 0.3 is 0 Å². The number of hydrogen-bond acceptors (Lipinski definition) is 6. The number of carbonyl (C=O) groups excluding carboxylic acids is 3. The van der Waals surface area contributed by atoms with E-state index in [0.717, 1.165) is 14.0 Å². The number of halogens is 1. The smallest absolute Gasteiger partial charge is 0.264 e. The van der Waals surface area contributed by atoms with E-state index in [1.54, 1.807) is 41.8 Å². The van der Waals surface area contributed by atoms with Crippen LogP contribution in [0.5, 0.6) is 0 Å². The number of anilines is 1. The van der Waals surface area contributed by atoms with Gasteiger partial charge in [0, 0.05) is 10.1 Å². The Morgan fingerprint density at radius 2 is 1.76 bits per heavy atom. The molecular formula is C23H20IN3O5S2. The van der Waals surface area contributed by atoms with Gasteiger partial charge in [-0.3, -0.25) is 14.4 Å². The fourth-order valence-corrected chi connectivity index (χ4v) is 5.31. The van der Waals surface area contributed by atoms with Gasteiger partial charge in [0.1, 0.15) is 6.04 Å². The van der Waals surface area contributed by atoms with Gasteiger partial charge in [-0.05, 0) is 82.4 Å². The molecule has 2 N–H and O–H groups in total. The highest BCUT2D eigenvalue weighted by atomic mass is 127. The lowest BCUT2D eigenvalue weighted by Gasteiger charge is -2.27. The third-order valence-corrected chi connectivity index (χ3v) is 7.98. The monoisotopic (exact) mass is 609 g/mol. The van der Waals surface area contributed by atoms with Crippen LogP contribution in [-0.2, 0) is 26.0 Å². The van der Waals surface area contributed by atoms with Crippen LogP contribution < -0.4 is 10.0 Å². The Balaban J connectivity index is 1.59. The first-order chi connectivity index (χ1) is 16.1. The van der Waals surface area contributed by atoms with E-state index in [4.69, 9.17) is 5.14 Å². The Labute approximate surface area is 214 Å². The van der Waals surface area contributed by atoms with Gasteiger partial charge in [0.15, 0.2) is 0 Å². The van der Waals surface area contributed by atoms with Crippen LogP contribution in [0, 0.1) is 3.57 Å². The molecule has 0 aliphatic carbocycles. The Kier molecular flexibility index (Phi) is 7.17. The van der Waals surface area contributed by atoms with Crippen LogP contribution >= 0.6 is 33.9 Å². The number of nitrogens with two attached hydrogens (primary N) is 1. The molecule has 1 fully saturated rings. The second kappa shape index (κ2) is 9.94. The van der Waals surface area contributed by atoms with Gasteiger partial charge in [-0.25, -0.2) is 18.5 Å². The van der Waals surface area contributed by atoms with Gasteiger partial charge in [0.25, 0.3) is 11.8 Å². The zero-order valence-electron chi connectivity index (χ0n) is 17.8. The van der Waals surface area contributed by atoms with E-state index in [0.29, 0.717) is 17.0 Å². The number of thiophene rings is 1. The summed E-state index contributed by atoms with van der Waals surface area (Å²) in [6, 6.07) is 15.6. The number of benzene rings is 2. The minimum absolute atomic E-state index is 0.00695.